The maximum Gasteiger partial charge on any atom is 0.312 e. The van der Waals surface area contributed by atoms with Gasteiger partial charge in [0.25, 0.3) is 11.5 Å². The summed E-state index contributed by atoms with van der Waals surface area (Å²) < 4.78 is 29.4. The van der Waals surface area contributed by atoms with Crippen LogP contribution in [0.1, 0.15) is 62.8 Å². The highest BCUT2D eigenvalue weighted by molar-refractivity contribution is 6.28. The van der Waals surface area contributed by atoms with Crippen LogP contribution in [0.2, 0.25) is 0 Å². The lowest BCUT2D eigenvalue weighted by atomic mass is 9.65. The first-order chi connectivity index (χ1) is 19.4. The number of aliphatic hydroxyl groups excluding tert-OH is 1. The van der Waals surface area contributed by atoms with E-state index in [1.54, 1.807) is 6.92 Å². The number of amides is 1. The predicted octanol–water partition coefficient (Wildman–Crippen LogP) is 0.915. The second kappa shape index (κ2) is 8.23. The summed E-state index contributed by atoms with van der Waals surface area (Å²) in [5.74, 6) is -6.14. The van der Waals surface area contributed by atoms with E-state index in [-0.39, 0.29) is 52.6 Å². The van der Waals surface area contributed by atoms with Gasteiger partial charge in [-0.05, 0) is 36.4 Å². The number of rotatable bonds is 3. The van der Waals surface area contributed by atoms with Crippen molar-refractivity contribution in [1.82, 2.24) is 4.90 Å². The van der Waals surface area contributed by atoms with Gasteiger partial charge < -0.3 is 43.9 Å². The number of hydrogen-bond donors (Lipinski definition) is 3. The van der Waals surface area contributed by atoms with E-state index in [9.17, 15) is 34.5 Å². The van der Waals surface area contributed by atoms with Crippen LogP contribution < -0.4 is 0 Å². The molecule has 0 saturated carbocycles. The number of benzene rings is 2. The molecule has 1 amide bonds. The van der Waals surface area contributed by atoms with E-state index in [1.807, 2.05) is 0 Å². The van der Waals surface area contributed by atoms with Crippen LogP contribution in [0.15, 0.2) is 12.1 Å². The lowest BCUT2D eigenvalue weighted by Crippen LogP contribution is -2.73. The van der Waals surface area contributed by atoms with Gasteiger partial charge in [-0.25, -0.2) is 0 Å². The zero-order valence-corrected chi connectivity index (χ0v) is 22.4. The molecule has 7 rings (SSSR count). The maximum atomic E-state index is 14.6. The highest BCUT2D eigenvalue weighted by Gasteiger charge is 2.86. The summed E-state index contributed by atoms with van der Waals surface area (Å²) in [6.45, 7) is 1.13. The largest absolute Gasteiger partial charge is 0.507 e. The second-order valence-electron chi connectivity index (χ2n) is 11.3. The van der Waals surface area contributed by atoms with Crippen molar-refractivity contribution in [3.8, 4) is 11.5 Å². The molecule has 6 atom stereocenters. The Morgan fingerprint density at radius 2 is 1.83 bits per heavy atom. The minimum absolute atomic E-state index is 0.0193. The van der Waals surface area contributed by atoms with Crippen molar-refractivity contribution < 1.29 is 58.2 Å². The predicted molar refractivity (Wildman–Crippen MR) is 134 cm³/mol. The molecule has 13 nitrogen and oxygen atoms in total. The summed E-state index contributed by atoms with van der Waals surface area (Å²) in [5, 5.41) is 32.8. The van der Waals surface area contributed by atoms with Crippen LogP contribution in [0, 0.1) is 0 Å². The first-order valence-corrected chi connectivity index (χ1v) is 13.2. The zero-order valence-electron chi connectivity index (χ0n) is 22.4. The number of ether oxygens (including phenoxy) is 5. The number of nitrogens with zero attached hydrogens (tertiary/aromatic N) is 1. The number of fused-ring (bicyclic) bond motifs is 4. The summed E-state index contributed by atoms with van der Waals surface area (Å²) in [6, 6.07) is 2.58. The van der Waals surface area contributed by atoms with Crippen LogP contribution >= 0.6 is 0 Å². The van der Waals surface area contributed by atoms with Gasteiger partial charge in [0, 0.05) is 38.1 Å². The summed E-state index contributed by atoms with van der Waals surface area (Å²) in [6.07, 6.45) is -2.58. The Balaban J connectivity index is 1.49. The third kappa shape index (κ3) is 2.97. The molecule has 2 aromatic rings. The number of aliphatic hydroxyl groups is 1. The lowest BCUT2D eigenvalue weighted by Gasteiger charge is -2.47. The average molecular weight is 570 g/mol. The van der Waals surface area contributed by atoms with E-state index in [2.05, 4.69) is 0 Å². The number of aromatic hydroxyl groups is 2. The summed E-state index contributed by atoms with van der Waals surface area (Å²) in [7, 11) is 2.73. The number of carbonyl (C=O) groups excluding carboxylic acids is 4. The van der Waals surface area contributed by atoms with Crippen LogP contribution in [0.5, 0.6) is 11.5 Å². The molecule has 0 radical (unpaired) electrons. The Morgan fingerprint density at radius 3 is 2.54 bits per heavy atom. The quantitative estimate of drug-likeness (QED) is 0.446. The van der Waals surface area contributed by atoms with Gasteiger partial charge >= 0.3 is 5.97 Å². The molecule has 3 unspecified atom stereocenters. The van der Waals surface area contributed by atoms with Gasteiger partial charge in [-0.15, -0.1) is 0 Å². The molecule has 4 aliphatic heterocycles. The highest BCUT2D eigenvalue weighted by atomic mass is 16.8. The number of methoxy groups -OCH3 is 1. The molecule has 3 N–H and O–H groups in total. The molecule has 0 bridgehead atoms. The minimum Gasteiger partial charge on any atom is -0.507 e. The Hall–Kier alpha value is -3.62. The standard InChI is InChI=1S/C28H27NO12/c1-11-15(30)4-5-18(39-11)41-26-10-38-27(37-3)8-17(32)40-28(26,27)24(35)21-13(23(26)34)6-12-7-16(31)20-14(19(12)22(21)33)9-29(2)25(20)36/h6-7,11,15,18,30-31,33H,4-5,8-10H2,1-3H3/t11?,15?,18?,26-,27+,28+/m1/s1. The lowest BCUT2D eigenvalue weighted by molar-refractivity contribution is -0.277. The van der Waals surface area contributed by atoms with Gasteiger partial charge in [0.1, 0.15) is 17.9 Å². The molecular formula is C28H27NO12. The smallest absolute Gasteiger partial charge is 0.312 e. The van der Waals surface area contributed by atoms with Crippen LogP contribution in [0.3, 0.4) is 0 Å². The fourth-order valence-corrected chi connectivity index (χ4v) is 7.10. The molecule has 3 fully saturated rings. The summed E-state index contributed by atoms with van der Waals surface area (Å²) in [5.41, 5.74) is -5.16. The van der Waals surface area contributed by atoms with Crippen LogP contribution in [0.4, 0.5) is 0 Å². The summed E-state index contributed by atoms with van der Waals surface area (Å²) >= 11 is 0. The fourth-order valence-electron chi connectivity index (χ4n) is 7.10. The minimum atomic E-state index is -2.48. The third-order valence-corrected chi connectivity index (χ3v) is 9.12. The van der Waals surface area contributed by atoms with Gasteiger partial charge in [0.15, 0.2) is 6.29 Å². The number of Topliss-reactive ketones (excluding diaryl/α,β-unsaturated/α-hetero) is 2. The zero-order chi connectivity index (χ0) is 29.2. The van der Waals surface area contributed by atoms with Gasteiger partial charge in [0.05, 0.1) is 29.9 Å². The van der Waals surface area contributed by atoms with Crippen molar-refractivity contribution in [2.75, 3.05) is 20.8 Å². The molecule has 4 heterocycles. The molecular weight excluding hydrogens is 542 g/mol. The van der Waals surface area contributed by atoms with E-state index in [4.69, 9.17) is 23.7 Å². The average Bonchev–Trinajstić information content (AvgIpc) is 3.50. The number of phenolic OH excluding ortho intramolecular Hbond substituents is 2. The van der Waals surface area contributed by atoms with Gasteiger partial charge in [0.2, 0.25) is 23.0 Å². The van der Waals surface area contributed by atoms with E-state index in [1.165, 1.54) is 31.2 Å². The molecule has 41 heavy (non-hydrogen) atoms. The highest BCUT2D eigenvalue weighted by Crippen LogP contribution is 2.61. The van der Waals surface area contributed by atoms with E-state index < -0.39 is 83.3 Å². The van der Waals surface area contributed by atoms with Crippen molar-refractivity contribution in [2.24, 2.45) is 0 Å². The molecule has 0 aromatic heterocycles. The number of esters is 1. The van der Waals surface area contributed by atoms with Crippen molar-refractivity contribution >= 4 is 34.2 Å². The Bertz CT molecular complexity index is 1600. The molecule has 216 valence electrons. The number of phenols is 2. The summed E-state index contributed by atoms with van der Waals surface area (Å²) in [4.78, 5) is 56.1. The topological polar surface area (TPSA) is 178 Å². The fraction of sp³-hybridized carbons (Fsp3) is 0.500. The van der Waals surface area contributed by atoms with Crippen LogP contribution in [-0.2, 0) is 35.0 Å². The number of carbonyl (C=O) groups is 4. The molecule has 3 saturated heterocycles. The van der Waals surface area contributed by atoms with Crippen molar-refractivity contribution in [3.63, 3.8) is 0 Å². The van der Waals surface area contributed by atoms with E-state index in [0.29, 0.717) is 0 Å². The monoisotopic (exact) mass is 569 g/mol. The molecule has 13 heteroatoms. The van der Waals surface area contributed by atoms with Crippen molar-refractivity contribution in [1.29, 1.82) is 0 Å². The van der Waals surface area contributed by atoms with Crippen molar-refractivity contribution in [2.45, 2.75) is 68.2 Å². The molecule has 5 aliphatic rings. The molecule has 1 spiro atoms. The third-order valence-electron chi connectivity index (χ3n) is 9.12. The normalized spacial score (nSPS) is 35.9. The Morgan fingerprint density at radius 1 is 1.07 bits per heavy atom. The van der Waals surface area contributed by atoms with E-state index in [0.717, 1.165) is 0 Å². The Labute approximate surface area is 232 Å². The SMILES string of the molecule is CO[C@]12CC(=O)O[C@]13C(=O)c1c(cc4cc(O)c5c(c4c1O)CN(C)C5=O)C(=O)[C@]3(OC1CCC(O)C(C)O1)CO2. The number of hydrogen-bond acceptors (Lipinski definition) is 12. The van der Waals surface area contributed by atoms with Gasteiger partial charge in [-0.3, -0.25) is 19.2 Å². The van der Waals surface area contributed by atoms with Crippen LogP contribution in [-0.4, -0.2) is 99.9 Å². The second-order valence-corrected chi connectivity index (χ2v) is 11.3. The van der Waals surface area contributed by atoms with Crippen LogP contribution in [0.25, 0.3) is 10.8 Å². The first-order valence-electron chi connectivity index (χ1n) is 13.2. The van der Waals surface area contributed by atoms with E-state index >= 15 is 0 Å². The van der Waals surface area contributed by atoms with Crippen molar-refractivity contribution in [3.05, 3.63) is 34.4 Å². The number of ketones is 2. The van der Waals surface area contributed by atoms with Gasteiger partial charge in [-0.2, -0.15) is 0 Å². The maximum absolute atomic E-state index is 14.6. The molecule has 2 aromatic carbocycles. The molecule has 1 aliphatic carbocycles. The Kier molecular flexibility index (Phi) is 5.28. The first kappa shape index (κ1) is 26.3. The van der Waals surface area contributed by atoms with Gasteiger partial charge in [-0.1, -0.05) is 0 Å².